The van der Waals surface area contributed by atoms with Crippen molar-refractivity contribution in [3.8, 4) is 0 Å². The number of para-hydroxylation sites is 1. The summed E-state index contributed by atoms with van der Waals surface area (Å²) in [6, 6.07) is 8.66. The van der Waals surface area contributed by atoms with Crippen LogP contribution in [0.4, 0.5) is 18.9 Å². The largest absolute Gasteiger partial charge is 0.490 e. The Bertz CT molecular complexity index is 366. The predicted octanol–water partition coefficient (Wildman–Crippen LogP) is 1.46. The first-order valence-corrected chi connectivity index (χ1v) is 5.12. The van der Waals surface area contributed by atoms with Crippen molar-refractivity contribution < 1.29 is 28.4 Å². The number of rotatable bonds is 0. The second kappa shape index (κ2) is 5.67. The van der Waals surface area contributed by atoms with Gasteiger partial charge in [-0.15, -0.1) is 0 Å². The zero-order chi connectivity index (χ0) is 12.9. The number of aryl methyl sites for hydroxylation is 1. The van der Waals surface area contributed by atoms with Crippen LogP contribution in [0.15, 0.2) is 24.3 Å². The average molecular weight is 248 g/mol. The molecule has 0 amide bonds. The highest BCUT2D eigenvalue weighted by atomic mass is 19.4. The van der Waals surface area contributed by atoms with Crippen molar-refractivity contribution in [1.29, 1.82) is 0 Å². The lowest BCUT2D eigenvalue weighted by atomic mass is 10.0. The predicted molar refractivity (Wildman–Crippen MR) is 54.9 cm³/mol. The minimum absolute atomic E-state index is 1.26. The lowest BCUT2D eigenvalue weighted by Crippen LogP contribution is -2.79. The molecule has 0 bridgehead atoms. The molecule has 3 nitrogen and oxygen atoms in total. The van der Waals surface area contributed by atoms with Gasteiger partial charge in [-0.1, -0.05) is 18.2 Å². The van der Waals surface area contributed by atoms with Gasteiger partial charge in [0.15, 0.2) is 0 Å². The van der Waals surface area contributed by atoms with Crippen LogP contribution in [0.2, 0.25) is 0 Å². The van der Waals surface area contributed by atoms with Crippen LogP contribution < -0.4 is 5.32 Å². The van der Waals surface area contributed by atoms with E-state index in [1.165, 1.54) is 30.6 Å². The lowest BCUT2D eigenvalue weighted by molar-refractivity contribution is -0.575. The SMILES string of the molecule is O=C(O)C(F)(F)F.c1ccc2c(c1)CCC[NH2+]2. The summed E-state index contributed by atoms with van der Waals surface area (Å²) in [5, 5.41) is 9.46. The molecule has 1 aromatic carbocycles. The number of quaternary nitrogens is 1. The van der Waals surface area contributed by atoms with Crippen molar-refractivity contribution >= 4 is 11.7 Å². The lowest BCUT2D eigenvalue weighted by Gasteiger charge is -2.11. The highest BCUT2D eigenvalue weighted by Gasteiger charge is 2.38. The Balaban J connectivity index is 0.000000185. The molecule has 1 heterocycles. The molecule has 0 aromatic heterocycles. The molecule has 0 atom stereocenters. The number of fused-ring (bicyclic) bond motifs is 1. The molecule has 0 radical (unpaired) electrons. The third-order valence-electron chi connectivity index (χ3n) is 2.31. The maximum atomic E-state index is 10.6. The number of carbonyl (C=O) groups is 1. The van der Waals surface area contributed by atoms with Crippen molar-refractivity contribution in [1.82, 2.24) is 0 Å². The Morgan fingerprint density at radius 2 is 1.88 bits per heavy atom. The number of alkyl halides is 3. The molecule has 0 spiro atoms. The molecule has 0 saturated heterocycles. The van der Waals surface area contributed by atoms with Crippen LogP contribution in [0.25, 0.3) is 0 Å². The molecular formula is C11H13F3NO2+. The summed E-state index contributed by atoms with van der Waals surface area (Å²) in [5.41, 5.74) is 2.97. The van der Waals surface area contributed by atoms with Crippen LogP contribution in [0.1, 0.15) is 12.0 Å². The Labute approximate surface area is 96.3 Å². The maximum absolute atomic E-state index is 10.6. The second-order valence-corrected chi connectivity index (χ2v) is 3.60. The number of benzene rings is 1. The summed E-state index contributed by atoms with van der Waals surface area (Å²) < 4.78 is 31.7. The van der Waals surface area contributed by atoms with Gasteiger partial charge in [-0.3, -0.25) is 0 Å². The van der Waals surface area contributed by atoms with Crippen LogP contribution in [0.5, 0.6) is 0 Å². The third kappa shape index (κ3) is 4.44. The summed E-state index contributed by atoms with van der Waals surface area (Å²) in [5.74, 6) is -2.76. The van der Waals surface area contributed by atoms with Gasteiger partial charge in [-0.2, -0.15) is 13.2 Å². The van der Waals surface area contributed by atoms with Gasteiger partial charge in [0.1, 0.15) is 5.69 Å². The van der Waals surface area contributed by atoms with Gasteiger partial charge in [0.2, 0.25) is 0 Å². The van der Waals surface area contributed by atoms with Crippen LogP contribution in [0.3, 0.4) is 0 Å². The van der Waals surface area contributed by atoms with E-state index in [0.29, 0.717) is 0 Å². The van der Waals surface area contributed by atoms with E-state index in [1.54, 1.807) is 0 Å². The van der Waals surface area contributed by atoms with E-state index >= 15 is 0 Å². The first-order valence-electron chi connectivity index (χ1n) is 5.12. The molecule has 1 aliphatic heterocycles. The Morgan fingerprint density at radius 3 is 2.41 bits per heavy atom. The fraction of sp³-hybridized carbons (Fsp3) is 0.364. The average Bonchev–Trinajstić information content (AvgIpc) is 2.29. The summed E-state index contributed by atoms with van der Waals surface area (Å²) in [4.78, 5) is 8.90. The zero-order valence-electron chi connectivity index (χ0n) is 9.00. The molecule has 0 fully saturated rings. The molecule has 3 N–H and O–H groups in total. The number of aliphatic carboxylic acids is 1. The molecule has 0 unspecified atom stereocenters. The van der Waals surface area contributed by atoms with Crippen LogP contribution in [-0.2, 0) is 11.2 Å². The fourth-order valence-electron chi connectivity index (χ4n) is 1.51. The van der Waals surface area contributed by atoms with Gasteiger partial charge in [0, 0.05) is 12.0 Å². The van der Waals surface area contributed by atoms with E-state index in [9.17, 15) is 13.2 Å². The van der Waals surface area contributed by atoms with Gasteiger partial charge in [-0.25, -0.2) is 4.79 Å². The van der Waals surface area contributed by atoms with Gasteiger partial charge in [0.25, 0.3) is 0 Å². The quantitative estimate of drug-likeness (QED) is 0.683. The highest BCUT2D eigenvalue weighted by Crippen LogP contribution is 2.13. The molecule has 0 aliphatic carbocycles. The minimum atomic E-state index is -5.08. The van der Waals surface area contributed by atoms with E-state index in [0.717, 1.165) is 0 Å². The van der Waals surface area contributed by atoms with E-state index in [2.05, 4.69) is 29.6 Å². The second-order valence-electron chi connectivity index (χ2n) is 3.60. The van der Waals surface area contributed by atoms with Crippen LogP contribution in [-0.4, -0.2) is 23.8 Å². The first-order chi connectivity index (χ1) is 7.91. The smallest absolute Gasteiger partial charge is 0.475 e. The van der Waals surface area contributed by atoms with Crippen LogP contribution >= 0.6 is 0 Å². The third-order valence-corrected chi connectivity index (χ3v) is 2.31. The Morgan fingerprint density at radius 1 is 1.29 bits per heavy atom. The molecule has 94 valence electrons. The molecule has 1 aromatic rings. The zero-order valence-corrected chi connectivity index (χ0v) is 9.00. The molecular weight excluding hydrogens is 235 g/mol. The molecule has 17 heavy (non-hydrogen) atoms. The van der Waals surface area contributed by atoms with Crippen molar-refractivity contribution in [2.75, 3.05) is 6.54 Å². The molecule has 6 heteroatoms. The summed E-state index contributed by atoms with van der Waals surface area (Å²) in [6.45, 7) is 1.26. The van der Waals surface area contributed by atoms with Crippen molar-refractivity contribution in [2.24, 2.45) is 0 Å². The van der Waals surface area contributed by atoms with Gasteiger partial charge >= 0.3 is 12.1 Å². The first kappa shape index (κ1) is 13.5. The number of hydrogen-bond acceptors (Lipinski definition) is 1. The summed E-state index contributed by atoms with van der Waals surface area (Å²) >= 11 is 0. The Hall–Kier alpha value is -1.56. The molecule has 2 rings (SSSR count). The van der Waals surface area contributed by atoms with E-state index in [-0.39, 0.29) is 0 Å². The topological polar surface area (TPSA) is 53.9 Å². The Kier molecular flexibility index (Phi) is 4.51. The number of hydrogen-bond donors (Lipinski definition) is 2. The minimum Gasteiger partial charge on any atom is -0.475 e. The summed E-state index contributed by atoms with van der Waals surface area (Å²) in [6.07, 6.45) is -2.48. The number of halogens is 3. The van der Waals surface area contributed by atoms with Crippen LogP contribution in [0, 0.1) is 0 Å². The maximum Gasteiger partial charge on any atom is 0.490 e. The summed E-state index contributed by atoms with van der Waals surface area (Å²) in [7, 11) is 0. The standard InChI is InChI=1S/C9H11N.C2HF3O2/c1-2-6-9-8(4-1)5-3-7-10-9;3-2(4,5)1(6)7/h1-2,4,6,10H,3,5,7H2;(H,6,7)/p+1. The number of carboxylic acid groups (broad SMARTS) is 1. The van der Waals surface area contributed by atoms with E-state index < -0.39 is 12.1 Å². The van der Waals surface area contributed by atoms with Crippen molar-refractivity contribution in [2.45, 2.75) is 19.0 Å². The van der Waals surface area contributed by atoms with Gasteiger partial charge in [-0.05, 0) is 12.5 Å². The monoisotopic (exact) mass is 248 g/mol. The number of carboxylic acids is 1. The van der Waals surface area contributed by atoms with Gasteiger partial charge < -0.3 is 10.4 Å². The fourth-order valence-corrected chi connectivity index (χ4v) is 1.51. The van der Waals surface area contributed by atoms with Crippen molar-refractivity contribution in [3.05, 3.63) is 29.8 Å². The van der Waals surface area contributed by atoms with Gasteiger partial charge in [0.05, 0.1) is 6.54 Å². The number of nitrogens with two attached hydrogens (primary N) is 1. The highest BCUT2D eigenvalue weighted by molar-refractivity contribution is 5.73. The molecule has 0 saturated carbocycles. The van der Waals surface area contributed by atoms with Crippen molar-refractivity contribution in [3.63, 3.8) is 0 Å². The van der Waals surface area contributed by atoms with E-state index in [4.69, 9.17) is 9.90 Å². The van der Waals surface area contributed by atoms with E-state index in [1.807, 2.05) is 0 Å². The normalized spacial score (nSPS) is 14.3. The molecule has 1 aliphatic rings.